The Bertz CT molecular complexity index is 2300. The second-order valence-electron chi connectivity index (χ2n) is 14.1. The average molecular weight is 798 g/mol. The van der Waals surface area contributed by atoms with Gasteiger partial charge in [-0.15, -0.1) is 0 Å². The van der Waals surface area contributed by atoms with Crippen LogP contribution < -0.4 is 14.5 Å². The molecule has 2 heterocycles. The minimum atomic E-state index is -1.39. The lowest BCUT2D eigenvalue weighted by molar-refractivity contribution is -0.131. The summed E-state index contributed by atoms with van der Waals surface area (Å²) < 4.78 is 20.0. The third-order valence-electron chi connectivity index (χ3n) is 11.5. The van der Waals surface area contributed by atoms with Crippen molar-refractivity contribution in [3.8, 4) is 11.5 Å². The molecule has 0 spiro atoms. The zero-order chi connectivity index (χ0) is 37.5. The number of methoxy groups -OCH3 is 1. The molecule has 6 atom stereocenters. The van der Waals surface area contributed by atoms with Crippen molar-refractivity contribution >= 4 is 68.3 Å². The summed E-state index contributed by atoms with van der Waals surface area (Å²) in [5.41, 5.74) is 1.26. The van der Waals surface area contributed by atoms with E-state index in [-0.39, 0.29) is 46.7 Å². The van der Waals surface area contributed by atoms with Crippen molar-refractivity contribution in [2.24, 2.45) is 29.1 Å². The SMILES string of the molecule is COc1cc(C2C3=CCC4C(=O)N(c5ccc(C(=O)c6ccccc6)cc5)C(=O)C4C3CC3C(=O)N(c4ccc(F)c(Cl)c4)C(=O)C32C)cc(Br)c1O. The van der Waals surface area contributed by atoms with Gasteiger partial charge in [-0.2, -0.15) is 0 Å². The summed E-state index contributed by atoms with van der Waals surface area (Å²) in [4.78, 5) is 73.0. The predicted molar refractivity (Wildman–Crippen MR) is 197 cm³/mol. The first-order chi connectivity index (χ1) is 25.4. The van der Waals surface area contributed by atoms with Gasteiger partial charge in [0.25, 0.3) is 0 Å². The molecule has 2 aliphatic carbocycles. The Morgan fingerprint density at radius 1 is 0.887 bits per heavy atom. The normalized spacial score (nSPS) is 26.3. The molecule has 53 heavy (non-hydrogen) atoms. The first kappa shape index (κ1) is 34.9. The van der Waals surface area contributed by atoms with Crippen LogP contribution in [0.2, 0.25) is 5.02 Å². The number of ether oxygens (including phenoxy) is 1. The predicted octanol–water partition coefficient (Wildman–Crippen LogP) is 7.62. The van der Waals surface area contributed by atoms with Gasteiger partial charge in [0, 0.05) is 17.0 Å². The molecular weight excluding hydrogens is 767 g/mol. The van der Waals surface area contributed by atoms with Gasteiger partial charge < -0.3 is 9.84 Å². The first-order valence-electron chi connectivity index (χ1n) is 17.0. The van der Waals surface area contributed by atoms with Crippen LogP contribution in [0.4, 0.5) is 15.8 Å². The van der Waals surface area contributed by atoms with Gasteiger partial charge in [-0.1, -0.05) is 53.6 Å². The van der Waals surface area contributed by atoms with Gasteiger partial charge in [-0.3, -0.25) is 28.9 Å². The quantitative estimate of drug-likeness (QED) is 0.121. The van der Waals surface area contributed by atoms with Crippen LogP contribution in [0.1, 0.15) is 47.2 Å². The van der Waals surface area contributed by atoms with Crippen molar-refractivity contribution in [3.05, 3.63) is 129 Å². The van der Waals surface area contributed by atoms with E-state index in [4.69, 9.17) is 16.3 Å². The van der Waals surface area contributed by atoms with E-state index in [9.17, 15) is 33.5 Å². The Hall–Kier alpha value is -5.13. The number of nitrogens with zero attached hydrogens (tertiary/aromatic N) is 2. The third-order valence-corrected chi connectivity index (χ3v) is 12.4. The van der Waals surface area contributed by atoms with E-state index in [0.717, 1.165) is 16.5 Å². The monoisotopic (exact) mass is 796 g/mol. The molecule has 268 valence electrons. The highest BCUT2D eigenvalue weighted by Crippen LogP contribution is 2.64. The van der Waals surface area contributed by atoms with Gasteiger partial charge in [0.15, 0.2) is 17.3 Å². The van der Waals surface area contributed by atoms with Crippen LogP contribution in [0.3, 0.4) is 0 Å². The number of aromatic hydroxyl groups is 1. The molecular formula is C41H31BrClFN2O7. The summed E-state index contributed by atoms with van der Waals surface area (Å²) in [6.45, 7) is 1.72. The van der Waals surface area contributed by atoms with Crippen LogP contribution in [0.5, 0.6) is 11.5 Å². The number of fused-ring (bicyclic) bond motifs is 4. The summed E-state index contributed by atoms with van der Waals surface area (Å²) in [6.07, 6.45) is 2.23. The number of amides is 4. The maximum atomic E-state index is 14.7. The van der Waals surface area contributed by atoms with E-state index in [2.05, 4.69) is 15.9 Å². The molecule has 0 radical (unpaired) electrons. The number of phenols is 1. The molecule has 2 saturated heterocycles. The zero-order valence-electron chi connectivity index (χ0n) is 28.4. The molecule has 6 unspecified atom stereocenters. The number of carbonyl (C=O) groups excluding carboxylic acids is 5. The van der Waals surface area contributed by atoms with E-state index in [1.165, 1.54) is 24.1 Å². The number of hydrogen-bond donors (Lipinski definition) is 1. The Morgan fingerprint density at radius 3 is 2.25 bits per heavy atom. The molecule has 0 aromatic heterocycles. The van der Waals surface area contributed by atoms with Crippen LogP contribution in [0, 0.1) is 34.9 Å². The van der Waals surface area contributed by atoms with Gasteiger partial charge in [-0.25, -0.2) is 9.29 Å². The Morgan fingerprint density at radius 2 is 1.57 bits per heavy atom. The lowest BCUT2D eigenvalue weighted by atomic mass is 9.51. The highest BCUT2D eigenvalue weighted by Gasteiger charge is 2.67. The van der Waals surface area contributed by atoms with Crippen molar-refractivity contribution < 1.29 is 38.2 Å². The molecule has 0 bridgehead atoms. The fourth-order valence-corrected chi connectivity index (χ4v) is 9.59. The number of anilines is 2. The van der Waals surface area contributed by atoms with Gasteiger partial charge in [0.05, 0.1) is 51.1 Å². The minimum Gasteiger partial charge on any atom is -0.503 e. The number of imide groups is 2. The number of hydrogen-bond acceptors (Lipinski definition) is 7. The van der Waals surface area contributed by atoms with Crippen molar-refractivity contribution in [2.75, 3.05) is 16.9 Å². The highest BCUT2D eigenvalue weighted by molar-refractivity contribution is 9.10. The fourth-order valence-electron chi connectivity index (χ4n) is 8.95. The van der Waals surface area contributed by atoms with Crippen molar-refractivity contribution in [3.63, 3.8) is 0 Å². The summed E-state index contributed by atoms with van der Waals surface area (Å²) in [7, 11) is 1.40. The highest BCUT2D eigenvalue weighted by atomic mass is 79.9. The fraction of sp³-hybridized carbons (Fsp3) is 0.244. The Kier molecular flexibility index (Phi) is 8.42. The van der Waals surface area contributed by atoms with Crippen molar-refractivity contribution in [1.82, 2.24) is 0 Å². The first-order valence-corrected chi connectivity index (χ1v) is 18.2. The molecule has 4 amide bonds. The third kappa shape index (κ3) is 5.19. The topological polar surface area (TPSA) is 121 Å². The van der Waals surface area contributed by atoms with Gasteiger partial charge >= 0.3 is 0 Å². The van der Waals surface area contributed by atoms with E-state index in [1.807, 2.05) is 12.1 Å². The smallest absolute Gasteiger partial charge is 0.241 e. The molecule has 1 saturated carbocycles. The van der Waals surface area contributed by atoms with Gasteiger partial charge in [-0.05, 0) is 102 Å². The molecule has 4 aliphatic rings. The lowest BCUT2D eigenvalue weighted by Gasteiger charge is -2.49. The summed E-state index contributed by atoms with van der Waals surface area (Å²) in [6, 6.07) is 22.1. The van der Waals surface area contributed by atoms with Gasteiger partial charge in [0.1, 0.15) is 5.82 Å². The Balaban J connectivity index is 1.20. The summed E-state index contributed by atoms with van der Waals surface area (Å²) in [5, 5.41) is 10.5. The maximum Gasteiger partial charge on any atom is 0.241 e. The standard InChI is InChI=1S/C41H31BrClFN2O7/c1-41-28(38(50)46(40(41)52)24-12-15-31(44)30(43)18-24)19-27-25(34(41)22-16-29(42)36(48)32(17-22)53-2)13-14-26-33(27)39(51)45(37(26)49)23-10-8-21(9-11-23)35(47)20-6-4-3-5-7-20/h3-13,15-18,26-28,33-34,48H,14,19H2,1-2H3. The zero-order valence-corrected chi connectivity index (χ0v) is 30.7. The van der Waals surface area contributed by atoms with Crippen LogP contribution in [-0.2, 0) is 19.2 Å². The molecule has 3 fully saturated rings. The molecule has 4 aromatic rings. The second kappa shape index (κ2) is 12.8. The van der Waals surface area contributed by atoms with Crippen molar-refractivity contribution in [1.29, 1.82) is 0 Å². The summed E-state index contributed by atoms with van der Waals surface area (Å²) >= 11 is 9.51. The maximum absolute atomic E-state index is 14.7. The number of rotatable bonds is 6. The minimum absolute atomic E-state index is 0.101. The number of benzene rings is 4. The van der Waals surface area contributed by atoms with Crippen LogP contribution >= 0.6 is 27.5 Å². The summed E-state index contributed by atoms with van der Waals surface area (Å²) in [5.74, 6) is -6.65. The molecule has 2 aliphatic heterocycles. The van der Waals surface area contributed by atoms with Gasteiger partial charge in [0.2, 0.25) is 23.6 Å². The number of phenolic OH excluding ortho intramolecular Hbond substituents is 1. The lowest BCUT2D eigenvalue weighted by Crippen LogP contribution is -2.48. The van der Waals surface area contributed by atoms with E-state index >= 15 is 0 Å². The number of allylic oxidation sites excluding steroid dienone is 2. The van der Waals surface area contributed by atoms with Crippen molar-refractivity contribution in [2.45, 2.75) is 25.7 Å². The van der Waals surface area contributed by atoms with Crippen LogP contribution in [0.15, 0.2) is 101 Å². The molecule has 12 heteroatoms. The molecule has 1 N–H and O–H groups in total. The van der Waals surface area contributed by atoms with Crippen LogP contribution in [0.25, 0.3) is 0 Å². The largest absolute Gasteiger partial charge is 0.503 e. The van der Waals surface area contributed by atoms with E-state index in [0.29, 0.717) is 26.9 Å². The number of ketones is 1. The average Bonchev–Trinajstić information content (AvgIpc) is 3.53. The second-order valence-corrected chi connectivity index (χ2v) is 15.3. The molecule has 8 rings (SSSR count). The van der Waals surface area contributed by atoms with E-state index < -0.39 is 58.5 Å². The van der Waals surface area contributed by atoms with Crippen LogP contribution in [-0.4, -0.2) is 41.6 Å². The number of halogens is 3. The van der Waals surface area contributed by atoms with E-state index in [1.54, 1.807) is 67.6 Å². The molecule has 9 nitrogen and oxygen atoms in total. The molecule has 4 aromatic carbocycles. The Labute approximate surface area is 317 Å². The number of carbonyl (C=O) groups is 5.